The summed E-state index contributed by atoms with van der Waals surface area (Å²) in [5.41, 5.74) is 3.05. The molecule has 0 aliphatic heterocycles. The maximum Gasteiger partial charge on any atom is 0.294 e. The molecule has 0 aliphatic carbocycles. The lowest BCUT2D eigenvalue weighted by Crippen LogP contribution is -2.08. The average molecular weight is 306 g/mol. The maximum atomic E-state index is 10.9. The largest absolute Gasteiger partial charge is 0.381 e. The fraction of sp³-hybridized carbons (Fsp3) is 0.200. The van der Waals surface area contributed by atoms with Gasteiger partial charge in [-0.3, -0.25) is 4.55 Å². The van der Waals surface area contributed by atoms with Crippen LogP contribution in [0.1, 0.15) is 5.56 Å². The summed E-state index contributed by atoms with van der Waals surface area (Å²) in [6.07, 6.45) is 0. The van der Waals surface area contributed by atoms with Crippen molar-refractivity contribution in [1.82, 2.24) is 0 Å². The minimum absolute atomic E-state index is 0.108. The molecule has 112 valence electrons. The van der Waals surface area contributed by atoms with Gasteiger partial charge < -0.3 is 10.2 Å². The molecule has 0 unspecified atom stereocenters. The van der Waals surface area contributed by atoms with Crippen LogP contribution in [0.4, 0.5) is 11.4 Å². The lowest BCUT2D eigenvalue weighted by Gasteiger charge is -2.13. The van der Waals surface area contributed by atoms with E-state index in [4.69, 9.17) is 4.55 Å². The van der Waals surface area contributed by atoms with Gasteiger partial charge in [0, 0.05) is 32.0 Å². The van der Waals surface area contributed by atoms with Crippen molar-refractivity contribution < 1.29 is 13.0 Å². The molecule has 0 spiro atoms. The first-order valence-corrected chi connectivity index (χ1v) is 7.88. The SMILES string of the molecule is CN(C)c1ccc(CNc2ccc(S(=O)(=O)O)cc2)cc1. The fourth-order valence-electron chi connectivity index (χ4n) is 1.86. The number of nitrogens with zero attached hydrogens (tertiary/aromatic N) is 1. The standard InChI is InChI=1S/C15H18N2O3S/c1-17(2)14-7-3-12(4-8-14)11-16-13-5-9-15(10-6-13)21(18,19)20/h3-10,16H,11H2,1-2H3,(H,18,19,20). The summed E-state index contributed by atoms with van der Waals surface area (Å²) in [4.78, 5) is 1.93. The highest BCUT2D eigenvalue weighted by atomic mass is 32.2. The van der Waals surface area contributed by atoms with E-state index in [-0.39, 0.29) is 4.90 Å². The molecule has 0 amide bonds. The molecule has 2 aromatic rings. The summed E-state index contributed by atoms with van der Waals surface area (Å²) in [7, 11) is -0.152. The first kappa shape index (κ1) is 15.3. The van der Waals surface area contributed by atoms with Crippen LogP contribution in [-0.2, 0) is 16.7 Å². The molecule has 0 radical (unpaired) electrons. The van der Waals surface area contributed by atoms with Crippen LogP contribution in [0.2, 0.25) is 0 Å². The van der Waals surface area contributed by atoms with Crippen LogP contribution in [0.25, 0.3) is 0 Å². The van der Waals surface area contributed by atoms with Gasteiger partial charge in [0.05, 0.1) is 4.90 Å². The van der Waals surface area contributed by atoms with Crippen molar-refractivity contribution in [3.8, 4) is 0 Å². The zero-order valence-corrected chi connectivity index (χ0v) is 12.8. The van der Waals surface area contributed by atoms with E-state index in [0.29, 0.717) is 6.54 Å². The summed E-state index contributed by atoms with van der Waals surface area (Å²) >= 11 is 0. The molecule has 0 fully saturated rings. The molecule has 0 saturated carbocycles. The first-order valence-electron chi connectivity index (χ1n) is 6.44. The molecule has 2 rings (SSSR count). The van der Waals surface area contributed by atoms with Gasteiger partial charge in [0.15, 0.2) is 0 Å². The second-order valence-electron chi connectivity index (χ2n) is 4.91. The predicted molar refractivity (Wildman–Crippen MR) is 84.4 cm³/mol. The Morgan fingerprint density at radius 2 is 1.57 bits per heavy atom. The van der Waals surface area contributed by atoms with Gasteiger partial charge in [0.2, 0.25) is 0 Å². The Hall–Kier alpha value is -2.05. The molecule has 0 aromatic heterocycles. The smallest absolute Gasteiger partial charge is 0.294 e. The molecule has 0 heterocycles. The van der Waals surface area contributed by atoms with Crippen LogP contribution < -0.4 is 10.2 Å². The number of hydrogen-bond acceptors (Lipinski definition) is 4. The molecular formula is C15H18N2O3S. The highest BCUT2D eigenvalue weighted by molar-refractivity contribution is 7.85. The Balaban J connectivity index is 2.00. The predicted octanol–water partition coefficient (Wildman–Crippen LogP) is 2.61. The van der Waals surface area contributed by atoms with E-state index in [1.807, 2.05) is 43.3 Å². The number of anilines is 2. The zero-order chi connectivity index (χ0) is 15.5. The van der Waals surface area contributed by atoms with E-state index < -0.39 is 10.1 Å². The van der Waals surface area contributed by atoms with Crippen molar-refractivity contribution in [3.63, 3.8) is 0 Å². The topological polar surface area (TPSA) is 69.6 Å². The third-order valence-electron chi connectivity index (χ3n) is 3.10. The van der Waals surface area contributed by atoms with E-state index in [9.17, 15) is 8.42 Å². The van der Waals surface area contributed by atoms with Crippen molar-refractivity contribution in [1.29, 1.82) is 0 Å². The Labute approximate surface area is 125 Å². The lowest BCUT2D eigenvalue weighted by molar-refractivity contribution is 0.483. The second kappa shape index (κ2) is 6.15. The zero-order valence-electron chi connectivity index (χ0n) is 11.9. The summed E-state index contributed by atoms with van der Waals surface area (Å²) in [6.45, 7) is 0.638. The summed E-state index contributed by atoms with van der Waals surface area (Å²) < 4.78 is 30.8. The van der Waals surface area contributed by atoms with E-state index in [2.05, 4.69) is 5.32 Å². The van der Waals surface area contributed by atoms with Gasteiger partial charge in [-0.2, -0.15) is 8.42 Å². The highest BCUT2D eigenvalue weighted by Crippen LogP contribution is 2.16. The van der Waals surface area contributed by atoms with E-state index in [1.54, 1.807) is 12.1 Å². The van der Waals surface area contributed by atoms with Crippen LogP contribution in [0.3, 0.4) is 0 Å². The molecule has 6 heteroatoms. The summed E-state index contributed by atoms with van der Waals surface area (Å²) in [5, 5.41) is 3.20. The van der Waals surface area contributed by atoms with E-state index >= 15 is 0 Å². The van der Waals surface area contributed by atoms with Crippen molar-refractivity contribution >= 4 is 21.5 Å². The quantitative estimate of drug-likeness (QED) is 0.831. The Kier molecular flexibility index (Phi) is 4.50. The molecule has 0 aliphatic rings. The number of rotatable bonds is 5. The highest BCUT2D eigenvalue weighted by Gasteiger charge is 2.08. The molecule has 0 atom stereocenters. The van der Waals surface area contributed by atoms with Gasteiger partial charge in [-0.05, 0) is 42.0 Å². The van der Waals surface area contributed by atoms with Gasteiger partial charge in [-0.1, -0.05) is 12.1 Å². The van der Waals surface area contributed by atoms with Crippen LogP contribution in [0.5, 0.6) is 0 Å². The molecule has 0 saturated heterocycles. The van der Waals surface area contributed by atoms with E-state index in [0.717, 1.165) is 16.9 Å². The monoisotopic (exact) mass is 306 g/mol. The van der Waals surface area contributed by atoms with Crippen molar-refractivity contribution in [3.05, 3.63) is 54.1 Å². The molecule has 0 bridgehead atoms. The molecule has 2 aromatic carbocycles. The van der Waals surface area contributed by atoms with Gasteiger partial charge in [-0.25, -0.2) is 0 Å². The normalized spacial score (nSPS) is 11.2. The number of benzene rings is 2. The van der Waals surface area contributed by atoms with Gasteiger partial charge >= 0.3 is 0 Å². The van der Waals surface area contributed by atoms with Crippen LogP contribution in [-0.4, -0.2) is 27.1 Å². The molecule has 5 nitrogen and oxygen atoms in total. The Morgan fingerprint density at radius 3 is 2.05 bits per heavy atom. The molecule has 21 heavy (non-hydrogen) atoms. The van der Waals surface area contributed by atoms with Crippen molar-refractivity contribution in [2.75, 3.05) is 24.3 Å². The van der Waals surface area contributed by atoms with Gasteiger partial charge in [0.1, 0.15) is 0 Å². The lowest BCUT2D eigenvalue weighted by atomic mass is 10.2. The molecular weight excluding hydrogens is 288 g/mol. The van der Waals surface area contributed by atoms with Crippen LogP contribution in [0.15, 0.2) is 53.4 Å². The van der Waals surface area contributed by atoms with E-state index in [1.165, 1.54) is 12.1 Å². The van der Waals surface area contributed by atoms with Crippen molar-refractivity contribution in [2.24, 2.45) is 0 Å². The fourth-order valence-corrected chi connectivity index (χ4v) is 2.34. The number of hydrogen-bond donors (Lipinski definition) is 2. The Morgan fingerprint density at radius 1 is 1.00 bits per heavy atom. The number of nitrogens with one attached hydrogen (secondary N) is 1. The van der Waals surface area contributed by atoms with Crippen LogP contribution >= 0.6 is 0 Å². The van der Waals surface area contributed by atoms with Gasteiger partial charge in [0.25, 0.3) is 10.1 Å². The minimum atomic E-state index is -4.13. The average Bonchev–Trinajstić information content (AvgIpc) is 2.45. The second-order valence-corrected chi connectivity index (χ2v) is 6.34. The van der Waals surface area contributed by atoms with Crippen LogP contribution in [0, 0.1) is 0 Å². The molecule has 2 N–H and O–H groups in total. The van der Waals surface area contributed by atoms with Crippen molar-refractivity contribution in [2.45, 2.75) is 11.4 Å². The summed E-state index contributed by atoms with van der Waals surface area (Å²) in [6, 6.07) is 14.1. The Bertz CT molecular complexity index is 693. The maximum absolute atomic E-state index is 10.9. The van der Waals surface area contributed by atoms with Gasteiger partial charge in [-0.15, -0.1) is 0 Å². The third kappa shape index (κ3) is 4.21. The third-order valence-corrected chi connectivity index (χ3v) is 3.97. The summed E-state index contributed by atoms with van der Waals surface area (Å²) in [5.74, 6) is 0. The first-order chi connectivity index (χ1) is 9.86. The minimum Gasteiger partial charge on any atom is -0.381 e.